The zero-order valence-electron chi connectivity index (χ0n) is 11.0. The molecule has 0 amide bonds. The minimum Gasteiger partial charge on any atom is -0.394 e. The standard InChI is InChI=1S/C14H21ClN2O/c1-10-3-4-12(7-14(10)15)17-6-5-11(2)16-8-13(17)9-18/h3-4,7,11,13,16,18H,5-6,8-9H2,1-2H3. The first-order chi connectivity index (χ1) is 8.61. The maximum absolute atomic E-state index is 9.54. The Labute approximate surface area is 114 Å². The molecule has 0 saturated carbocycles. The minimum absolute atomic E-state index is 0.119. The van der Waals surface area contributed by atoms with Crippen LogP contribution in [0.15, 0.2) is 18.2 Å². The lowest BCUT2D eigenvalue weighted by Gasteiger charge is -2.30. The highest BCUT2D eigenvalue weighted by molar-refractivity contribution is 6.31. The van der Waals surface area contributed by atoms with Crippen molar-refractivity contribution in [1.82, 2.24) is 5.32 Å². The second-order valence-corrected chi connectivity index (χ2v) is 5.47. The molecule has 18 heavy (non-hydrogen) atoms. The third kappa shape index (κ3) is 2.97. The molecule has 1 aromatic carbocycles. The van der Waals surface area contributed by atoms with Gasteiger partial charge in [-0.1, -0.05) is 17.7 Å². The van der Waals surface area contributed by atoms with Gasteiger partial charge in [-0.15, -0.1) is 0 Å². The molecule has 2 N–H and O–H groups in total. The van der Waals surface area contributed by atoms with Crippen LogP contribution in [0.1, 0.15) is 18.9 Å². The molecule has 0 radical (unpaired) electrons. The maximum atomic E-state index is 9.54. The number of rotatable bonds is 2. The van der Waals surface area contributed by atoms with E-state index in [1.165, 1.54) is 0 Å². The number of aliphatic hydroxyl groups excluding tert-OH is 1. The average molecular weight is 269 g/mol. The minimum atomic E-state index is 0.119. The molecule has 100 valence electrons. The molecule has 1 fully saturated rings. The van der Waals surface area contributed by atoms with Crippen molar-refractivity contribution in [2.45, 2.75) is 32.4 Å². The second kappa shape index (κ2) is 5.91. The van der Waals surface area contributed by atoms with Gasteiger partial charge in [0.2, 0.25) is 0 Å². The molecule has 2 atom stereocenters. The number of halogens is 1. The van der Waals surface area contributed by atoms with Crippen molar-refractivity contribution < 1.29 is 5.11 Å². The number of aliphatic hydroxyl groups is 1. The van der Waals surface area contributed by atoms with Crippen molar-refractivity contribution in [2.75, 3.05) is 24.6 Å². The van der Waals surface area contributed by atoms with E-state index in [9.17, 15) is 5.11 Å². The predicted octanol–water partition coefficient (Wildman–Crippen LogP) is 2.20. The van der Waals surface area contributed by atoms with E-state index < -0.39 is 0 Å². The number of anilines is 1. The highest BCUT2D eigenvalue weighted by Crippen LogP contribution is 2.25. The van der Waals surface area contributed by atoms with Crippen LogP contribution in [0.4, 0.5) is 5.69 Å². The quantitative estimate of drug-likeness (QED) is 0.863. The Hall–Kier alpha value is -0.770. The molecule has 0 aromatic heterocycles. The largest absolute Gasteiger partial charge is 0.394 e. The number of hydrogen-bond donors (Lipinski definition) is 2. The SMILES string of the molecule is Cc1ccc(N2CCC(C)NCC2CO)cc1Cl. The first kappa shape index (κ1) is 13.7. The first-order valence-electron chi connectivity index (χ1n) is 6.49. The lowest BCUT2D eigenvalue weighted by atomic mass is 10.1. The summed E-state index contributed by atoms with van der Waals surface area (Å²) in [7, 11) is 0. The Bertz CT molecular complexity index is 411. The number of aryl methyl sites for hydroxylation is 1. The van der Waals surface area contributed by atoms with Crippen LogP contribution in [0.2, 0.25) is 5.02 Å². The Kier molecular flexibility index (Phi) is 4.49. The van der Waals surface area contributed by atoms with Gasteiger partial charge in [-0.3, -0.25) is 0 Å². The Morgan fingerprint density at radius 1 is 1.50 bits per heavy atom. The topological polar surface area (TPSA) is 35.5 Å². The third-order valence-corrected chi connectivity index (χ3v) is 4.05. The van der Waals surface area contributed by atoms with E-state index in [1.807, 2.05) is 19.1 Å². The molecule has 0 aliphatic carbocycles. The monoisotopic (exact) mass is 268 g/mol. The van der Waals surface area contributed by atoms with Gasteiger partial charge in [0.15, 0.2) is 0 Å². The van der Waals surface area contributed by atoms with E-state index >= 15 is 0 Å². The Morgan fingerprint density at radius 3 is 2.94 bits per heavy atom. The van der Waals surface area contributed by atoms with Crippen LogP contribution >= 0.6 is 11.6 Å². The molecule has 3 nitrogen and oxygen atoms in total. The average Bonchev–Trinajstić information content (AvgIpc) is 2.54. The molecule has 0 spiro atoms. The van der Waals surface area contributed by atoms with Gasteiger partial charge < -0.3 is 15.3 Å². The van der Waals surface area contributed by atoms with Crippen molar-refractivity contribution >= 4 is 17.3 Å². The van der Waals surface area contributed by atoms with Gasteiger partial charge in [-0.2, -0.15) is 0 Å². The summed E-state index contributed by atoms with van der Waals surface area (Å²) < 4.78 is 0. The molecule has 1 aliphatic heterocycles. The summed E-state index contributed by atoms with van der Waals surface area (Å²) in [4.78, 5) is 2.25. The molecule has 2 rings (SSSR count). The summed E-state index contributed by atoms with van der Waals surface area (Å²) in [6.07, 6.45) is 1.07. The van der Waals surface area contributed by atoms with E-state index in [2.05, 4.69) is 23.2 Å². The van der Waals surface area contributed by atoms with Gasteiger partial charge in [0.1, 0.15) is 0 Å². The molecule has 4 heteroatoms. The van der Waals surface area contributed by atoms with Gasteiger partial charge in [0.05, 0.1) is 12.6 Å². The van der Waals surface area contributed by atoms with Gasteiger partial charge in [0.25, 0.3) is 0 Å². The molecule has 1 saturated heterocycles. The van der Waals surface area contributed by atoms with E-state index in [1.54, 1.807) is 0 Å². The summed E-state index contributed by atoms with van der Waals surface area (Å²) in [5.74, 6) is 0. The molecular formula is C14H21ClN2O. The summed E-state index contributed by atoms with van der Waals surface area (Å²) in [5.41, 5.74) is 2.18. The summed E-state index contributed by atoms with van der Waals surface area (Å²) in [6.45, 7) is 6.09. The normalized spacial score (nSPS) is 25.0. The van der Waals surface area contributed by atoms with Crippen LogP contribution in [0.3, 0.4) is 0 Å². The van der Waals surface area contributed by atoms with Crippen LogP contribution in [0.25, 0.3) is 0 Å². The van der Waals surface area contributed by atoms with Crippen LogP contribution in [0.5, 0.6) is 0 Å². The van der Waals surface area contributed by atoms with E-state index in [0.29, 0.717) is 6.04 Å². The number of nitrogens with one attached hydrogen (secondary N) is 1. The second-order valence-electron chi connectivity index (χ2n) is 5.06. The van der Waals surface area contributed by atoms with Gasteiger partial charge in [-0.05, 0) is 38.0 Å². The van der Waals surface area contributed by atoms with Crippen molar-refractivity contribution in [3.63, 3.8) is 0 Å². The molecule has 1 aliphatic rings. The van der Waals surface area contributed by atoms with Crippen molar-refractivity contribution in [3.05, 3.63) is 28.8 Å². The maximum Gasteiger partial charge on any atom is 0.0647 e. The molecule has 0 bridgehead atoms. The zero-order valence-corrected chi connectivity index (χ0v) is 11.7. The molecular weight excluding hydrogens is 248 g/mol. The predicted molar refractivity (Wildman–Crippen MR) is 76.5 cm³/mol. The fourth-order valence-electron chi connectivity index (χ4n) is 2.33. The van der Waals surface area contributed by atoms with E-state index in [-0.39, 0.29) is 12.6 Å². The lowest BCUT2D eigenvalue weighted by molar-refractivity contribution is 0.259. The number of hydrogen-bond acceptors (Lipinski definition) is 3. The number of benzene rings is 1. The lowest BCUT2D eigenvalue weighted by Crippen LogP contribution is -2.42. The Morgan fingerprint density at radius 2 is 2.28 bits per heavy atom. The van der Waals surface area contributed by atoms with Crippen molar-refractivity contribution in [2.24, 2.45) is 0 Å². The van der Waals surface area contributed by atoms with Crippen molar-refractivity contribution in [1.29, 1.82) is 0 Å². The summed E-state index contributed by atoms with van der Waals surface area (Å²) in [5, 5.41) is 13.8. The van der Waals surface area contributed by atoms with Crippen LogP contribution < -0.4 is 10.2 Å². The molecule has 2 unspecified atom stereocenters. The fraction of sp³-hybridized carbons (Fsp3) is 0.571. The smallest absolute Gasteiger partial charge is 0.0647 e. The zero-order chi connectivity index (χ0) is 13.1. The van der Waals surface area contributed by atoms with Gasteiger partial charge >= 0.3 is 0 Å². The third-order valence-electron chi connectivity index (χ3n) is 3.64. The number of nitrogens with zero attached hydrogens (tertiary/aromatic N) is 1. The Balaban J connectivity index is 2.24. The highest BCUT2D eigenvalue weighted by atomic mass is 35.5. The van der Waals surface area contributed by atoms with Gasteiger partial charge in [0, 0.05) is 29.8 Å². The molecule has 1 heterocycles. The van der Waals surface area contributed by atoms with Crippen molar-refractivity contribution in [3.8, 4) is 0 Å². The summed E-state index contributed by atoms with van der Waals surface area (Å²) in [6, 6.07) is 6.72. The van der Waals surface area contributed by atoms with Crippen LogP contribution in [-0.4, -0.2) is 36.9 Å². The van der Waals surface area contributed by atoms with E-state index in [0.717, 1.165) is 35.8 Å². The van der Waals surface area contributed by atoms with Crippen LogP contribution in [0, 0.1) is 6.92 Å². The fourth-order valence-corrected chi connectivity index (χ4v) is 2.50. The van der Waals surface area contributed by atoms with E-state index in [4.69, 9.17) is 11.6 Å². The molecule has 1 aromatic rings. The van der Waals surface area contributed by atoms with Crippen LogP contribution in [-0.2, 0) is 0 Å². The highest BCUT2D eigenvalue weighted by Gasteiger charge is 2.23. The summed E-state index contributed by atoms with van der Waals surface area (Å²) >= 11 is 6.19. The van der Waals surface area contributed by atoms with Gasteiger partial charge in [-0.25, -0.2) is 0 Å². The first-order valence-corrected chi connectivity index (χ1v) is 6.86.